The molecule has 0 spiro atoms. The van der Waals surface area contributed by atoms with Crippen molar-refractivity contribution in [3.8, 4) is 28.1 Å². The molecule has 2 aliphatic heterocycles. The molecule has 11 nitrogen and oxygen atoms in total. The van der Waals surface area contributed by atoms with Crippen molar-refractivity contribution in [2.45, 2.75) is 31.7 Å². The van der Waals surface area contributed by atoms with E-state index in [0.717, 1.165) is 56.7 Å². The average Bonchev–Trinajstić information content (AvgIpc) is 3.63. The number of piperidine rings is 1. The molecule has 2 aliphatic rings. The molecule has 2 aromatic carbocycles. The maximum atomic E-state index is 13.0. The van der Waals surface area contributed by atoms with Crippen molar-refractivity contribution in [3.05, 3.63) is 102 Å². The Kier molecular flexibility index (Phi) is 8.28. The molecular weight excluding hydrogens is 598 g/mol. The van der Waals surface area contributed by atoms with Crippen LogP contribution in [0.2, 0.25) is 0 Å². The number of fused-ring (bicyclic) bond motifs is 2. The predicted octanol–water partition coefficient (Wildman–Crippen LogP) is 4.72. The summed E-state index contributed by atoms with van der Waals surface area (Å²) in [5, 5.41) is 3.33. The first-order chi connectivity index (χ1) is 22.9. The zero-order chi connectivity index (χ0) is 32.3. The first kappa shape index (κ1) is 30.0. The summed E-state index contributed by atoms with van der Waals surface area (Å²) in [6.07, 6.45) is 7.28. The molecule has 5 aromatic rings. The maximum absolute atomic E-state index is 13.0. The summed E-state index contributed by atoms with van der Waals surface area (Å²) < 4.78 is 11.5. The van der Waals surface area contributed by atoms with E-state index in [2.05, 4.69) is 56.7 Å². The number of amides is 4. The molecule has 4 amide bonds. The fourth-order valence-corrected chi connectivity index (χ4v) is 5.93. The topological polar surface area (TPSA) is 144 Å². The summed E-state index contributed by atoms with van der Waals surface area (Å²) >= 11 is 0. The number of nitrogens with one attached hydrogen (secondary N) is 2. The minimum Gasteiger partial charge on any atom is -0.491 e. The fraction of sp³-hybridized carbons (Fsp3) is 0.222. The number of imide groups is 2. The van der Waals surface area contributed by atoms with Crippen molar-refractivity contribution < 1.29 is 28.7 Å². The molecule has 7 rings (SSSR count). The Morgan fingerprint density at radius 3 is 2.40 bits per heavy atom. The number of nitrogens with zero attached hydrogens (tertiary/aromatic N) is 3. The van der Waals surface area contributed by atoms with Gasteiger partial charge in [-0.15, -0.1) is 0 Å². The molecule has 0 bridgehead atoms. The molecule has 2 N–H and O–H groups in total. The highest BCUT2D eigenvalue weighted by Crippen LogP contribution is 2.30. The van der Waals surface area contributed by atoms with Crippen LogP contribution in [0.1, 0.15) is 45.7 Å². The number of carbonyl (C=O) groups excluding carboxylic acids is 4. The van der Waals surface area contributed by atoms with E-state index >= 15 is 0 Å². The summed E-state index contributed by atoms with van der Waals surface area (Å²) in [5.41, 5.74) is 6.70. The van der Waals surface area contributed by atoms with Crippen molar-refractivity contribution in [1.82, 2.24) is 25.2 Å². The van der Waals surface area contributed by atoms with Crippen LogP contribution in [0.5, 0.6) is 5.75 Å². The van der Waals surface area contributed by atoms with Gasteiger partial charge in [0.25, 0.3) is 11.8 Å². The van der Waals surface area contributed by atoms with E-state index in [1.54, 1.807) is 12.3 Å². The van der Waals surface area contributed by atoms with E-state index < -0.39 is 29.7 Å². The van der Waals surface area contributed by atoms with Gasteiger partial charge in [0.15, 0.2) is 0 Å². The highest BCUT2D eigenvalue weighted by Gasteiger charge is 2.44. The Hall–Kier alpha value is -5.68. The van der Waals surface area contributed by atoms with E-state index in [0.29, 0.717) is 19.0 Å². The van der Waals surface area contributed by atoms with Crippen LogP contribution in [0, 0.1) is 0 Å². The molecule has 3 aromatic heterocycles. The Balaban J connectivity index is 0.839. The number of ether oxygens (including phenoxy) is 2. The standard InChI is InChI=1S/C36H31N5O6/c42-33-12-11-32(34(43)40-33)41-35(44)28-10-9-27(19-29(28)36(41)45)47-17-16-46-15-1-2-26-8-7-25(20-38-26)22-3-5-23(6-4-22)30-18-24-13-14-37-21-31(24)39-30/h3-10,13-14,18-21,32,39H,1-2,11-12,15-17H2,(H,40,42,43). The molecule has 47 heavy (non-hydrogen) atoms. The van der Waals surface area contributed by atoms with Gasteiger partial charge in [-0.2, -0.15) is 0 Å². The van der Waals surface area contributed by atoms with Crippen LogP contribution in [0.3, 0.4) is 0 Å². The maximum Gasteiger partial charge on any atom is 0.262 e. The summed E-state index contributed by atoms with van der Waals surface area (Å²) in [6.45, 7) is 1.15. The number of H-pyrrole nitrogens is 1. The lowest BCUT2D eigenvalue weighted by Crippen LogP contribution is -2.54. The number of hydrogen-bond donors (Lipinski definition) is 2. The minimum atomic E-state index is -1.00. The number of aryl methyl sites for hydroxylation is 1. The zero-order valence-corrected chi connectivity index (χ0v) is 25.4. The van der Waals surface area contributed by atoms with E-state index in [1.165, 1.54) is 12.1 Å². The third kappa shape index (κ3) is 6.25. The molecule has 0 radical (unpaired) electrons. The van der Waals surface area contributed by atoms with Crippen LogP contribution < -0.4 is 10.1 Å². The summed E-state index contributed by atoms with van der Waals surface area (Å²) in [4.78, 5) is 62.7. The number of aromatic nitrogens is 3. The van der Waals surface area contributed by atoms with Gasteiger partial charge in [0.1, 0.15) is 18.4 Å². The monoisotopic (exact) mass is 629 g/mol. The smallest absolute Gasteiger partial charge is 0.262 e. The van der Waals surface area contributed by atoms with E-state index in [9.17, 15) is 19.2 Å². The molecule has 0 saturated carbocycles. The SMILES string of the molecule is O=C1CCC(N2C(=O)c3ccc(OCCOCCCc4ccc(-c5ccc(-c6cc7ccncc7[nH]6)cc5)cn4)cc3C2=O)C(=O)N1. The Bertz CT molecular complexity index is 1950. The second-order valence-corrected chi connectivity index (χ2v) is 11.5. The molecule has 1 atom stereocenters. The number of carbonyl (C=O) groups is 4. The molecule has 1 unspecified atom stereocenters. The lowest BCUT2D eigenvalue weighted by atomic mass is 10.0. The molecule has 0 aliphatic carbocycles. The average molecular weight is 630 g/mol. The van der Waals surface area contributed by atoms with E-state index in [1.807, 2.05) is 24.5 Å². The van der Waals surface area contributed by atoms with Gasteiger partial charge in [-0.05, 0) is 66.8 Å². The molecule has 5 heterocycles. The van der Waals surface area contributed by atoms with Gasteiger partial charge in [-0.3, -0.25) is 39.4 Å². The van der Waals surface area contributed by atoms with Crippen LogP contribution >= 0.6 is 0 Å². The number of pyridine rings is 2. The van der Waals surface area contributed by atoms with Gasteiger partial charge < -0.3 is 14.5 Å². The van der Waals surface area contributed by atoms with Crippen molar-refractivity contribution in [3.63, 3.8) is 0 Å². The first-order valence-corrected chi connectivity index (χ1v) is 15.5. The minimum absolute atomic E-state index is 0.0721. The fourth-order valence-electron chi connectivity index (χ4n) is 5.93. The second-order valence-electron chi connectivity index (χ2n) is 11.5. The Morgan fingerprint density at radius 2 is 1.62 bits per heavy atom. The van der Waals surface area contributed by atoms with Crippen molar-refractivity contribution in [2.75, 3.05) is 19.8 Å². The molecule has 1 fully saturated rings. The van der Waals surface area contributed by atoms with Crippen LogP contribution in [0.15, 0.2) is 85.3 Å². The molecule has 1 saturated heterocycles. The Labute approximate surface area is 269 Å². The van der Waals surface area contributed by atoms with Gasteiger partial charge in [-0.25, -0.2) is 0 Å². The number of hydrogen-bond acceptors (Lipinski definition) is 8. The number of rotatable bonds is 11. The first-order valence-electron chi connectivity index (χ1n) is 15.5. The largest absolute Gasteiger partial charge is 0.491 e. The molecular formula is C36H31N5O6. The van der Waals surface area contributed by atoms with Gasteiger partial charge >= 0.3 is 0 Å². The second kappa shape index (κ2) is 13.0. The van der Waals surface area contributed by atoms with E-state index in [4.69, 9.17) is 9.47 Å². The molecule has 236 valence electrons. The van der Waals surface area contributed by atoms with Crippen LogP contribution in [0.4, 0.5) is 0 Å². The predicted molar refractivity (Wildman–Crippen MR) is 173 cm³/mol. The van der Waals surface area contributed by atoms with Gasteiger partial charge in [0.2, 0.25) is 11.8 Å². The van der Waals surface area contributed by atoms with Crippen LogP contribution in [-0.4, -0.2) is 69.3 Å². The van der Waals surface area contributed by atoms with Crippen molar-refractivity contribution in [2.24, 2.45) is 0 Å². The summed E-state index contributed by atoms with van der Waals surface area (Å²) in [5.74, 6) is -1.74. The van der Waals surface area contributed by atoms with Crippen molar-refractivity contribution >= 4 is 34.5 Å². The van der Waals surface area contributed by atoms with E-state index in [-0.39, 0.29) is 30.6 Å². The zero-order valence-electron chi connectivity index (χ0n) is 25.4. The highest BCUT2D eigenvalue weighted by atomic mass is 16.5. The van der Waals surface area contributed by atoms with Gasteiger partial charge in [0.05, 0.1) is 29.4 Å². The highest BCUT2D eigenvalue weighted by molar-refractivity contribution is 6.23. The normalized spacial score (nSPS) is 16.1. The Morgan fingerprint density at radius 1 is 0.809 bits per heavy atom. The van der Waals surface area contributed by atoms with Crippen LogP contribution in [-0.2, 0) is 20.7 Å². The summed E-state index contributed by atoms with van der Waals surface area (Å²) in [6, 6.07) is 20.3. The van der Waals surface area contributed by atoms with Gasteiger partial charge in [-0.1, -0.05) is 30.3 Å². The number of benzene rings is 2. The third-order valence-corrected chi connectivity index (χ3v) is 8.41. The lowest BCUT2D eigenvalue weighted by molar-refractivity contribution is -0.136. The lowest BCUT2D eigenvalue weighted by Gasteiger charge is -2.27. The number of aromatic amines is 1. The third-order valence-electron chi connectivity index (χ3n) is 8.41. The van der Waals surface area contributed by atoms with Gasteiger partial charge in [0, 0.05) is 47.8 Å². The summed E-state index contributed by atoms with van der Waals surface area (Å²) in [7, 11) is 0. The van der Waals surface area contributed by atoms with Crippen LogP contribution in [0.25, 0.3) is 33.3 Å². The molecule has 11 heteroatoms. The van der Waals surface area contributed by atoms with Crippen molar-refractivity contribution in [1.29, 1.82) is 0 Å². The quantitative estimate of drug-likeness (QED) is 0.158.